The predicted molar refractivity (Wildman–Crippen MR) is 101 cm³/mol. The maximum absolute atomic E-state index is 12.2. The molecule has 5 heteroatoms. The Morgan fingerprint density at radius 2 is 1.38 bits per heavy atom. The predicted octanol–water partition coefficient (Wildman–Crippen LogP) is 5.05. The Hall–Kier alpha value is -1.46. The fourth-order valence-corrected chi connectivity index (χ4v) is 2.99. The summed E-state index contributed by atoms with van der Waals surface area (Å²) in [6.45, 7) is 0. The highest BCUT2D eigenvalue weighted by Crippen LogP contribution is 2.18. The zero-order valence-electron chi connectivity index (χ0n) is 13.0. The standard InChI is InChI=1S/C19H18Br2O3/c20-16-6-1-13(2-7-16)5-10-18(22)12-15(19(23)24)11-14-3-8-17(21)9-4-14/h1-4,6-9,15H,5,10-12H2,(H,23,24). The summed E-state index contributed by atoms with van der Waals surface area (Å²) in [7, 11) is 0. The van der Waals surface area contributed by atoms with Gasteiger partial charge in [0.15, 0.2) is 0 Å². The molecule has 1 unspecified atom stereocenters. The van der Waals surface area contributed by atoms with Gasteiger partial charge in [0.1, 0.15) is 5.78 Å². The summed E-state index contributed by atoms with van der Waals surface area (Å²) < 4.78 is 1.95. The van der Waals surface area contributed by atoms with Crippen LogP contribution >= 0.6 is 31.9 Å². The summed E-state index contributed by atoms with van der Waals surface area (Å²) in [5.74, 6) is -1.61. The van der Waals surface area contributed by atoms with Gasteiger partial charge in [0.25, 0.3) is 0 Å². The number of hydrogen-bond donors (Lipinski definition) is 1. The molecule has 0 bridgehead atoms. The first-order chi connectivity index (χ1) is 11.4. The van der Waals surface area contributed by atoms with Crippen molar-refractivity contribution >= 4 is 43.6 Å². The number of carboxylic acid groups (broad SMARTS) is 1. The second kappa shape index (κ2) is 9.14. The van der Waals surface area contributed by atoms with E-state index in [1.165, 1.54) is 0 Å². The molecule has 0 fully saturated rings. The van der Waals surface area contributed by atoms with Crippen LogP contribution in [0.25, 0.3) is 0 Å². The molecule has 2 aromatic rings. The quantitative estimate of drug-likeness (QED) is 0.608. The van der Waals surface area contributed by atoms with Gasteiger partial charge < -0.3 is 5.11 Å². The summed E-state index contributed by atoms with van der Waals surface area (Å²) in [6, 6.07) is 15.3. The topological polar surface area (TPSA) is 54.4 Å². The Morgan fingerprint density at radius 1 is 0.875 bits per heavy atom. The third-order valence-electron chi connectivity index (χ3n) is 3.82. The highest BCUT2D eigenvalue weighted by atomic mass is 79.9. The zero-order chi connectivity index (χ0) is 17.5. The van der Waals surface area contributed by atoms with E-state index in [9.17, 15) is 14.7 Å². The van der Waals surface area contributed by atoms with Gasteiger partial charge in [-0.3, -0.25) is 9.59 Å². The number of carbonyl (C=O) groups excluding carboxylic acids is 1. The van der Waals surface area contributed by atoms with Crippen LogP contribution < -0.4 is 0 Å². The van der Waals surface area contributed by atoms with Crippen LogP contribution in [0, 0.1) is 5.92 Å². The molecule has 0 heterocycles. The van der Waals surface area contributed by atoms with E-state index in [-0.39, 0.29) is 12.2 Å². The molecule has 0 spiro atoms. The summed E-state index contributed by atoms with van der Waals surface area (Å²) in [4.78, 5) is 23.6. The lowest BCUT2D eigenvalue weighted by molar-refractivity contribution is -0.143. The van der Waals surface area contributed by atoms with Crippen LogP contribution in [0.3, 0.4) is 0 Å². The molecule has 0 saturated carbocycles. The Labute approximate surface area is 158 Å². The van der Waals surface area contributed by atoms with Crippen LogP contribution in [-0.2, 0) is 22.4 Å². The van der Waals surface area contributed by atoms with Crippen molar-refractivity contribution in [3.63, 3.8) is 0 Å². The van der Waals surface area contributed by atoms with Gasteiger partial charge in [-0.1, -0.05) is 56.1 Å². The fraction of sp³-hybridized carbons (Fsp3) is 0.263. The molecule has 0 aliphatic carbocycles. The molecule has 0 saturated heterocycles. The van der Waals surface area contributed by atoms with Gasteiger partial charge in [0.05, 0.1) is 5.92 Å². The summed E-state index contributed by atoms with van der Waals surface area (Å²) in [6.07, 6.45) is 1.44. The number of carbonyl (C=O) groups is 2. The van der Waals surface area contributed by atoms with Crippen LogP contribution in [0.2, 0.25) is 0 Å². The molecular weight excluding hydrogens is 436 g/mol. The van der Waals surface area contributed by atoms with Crippen LogP contribution in [0.4, 0.5) is 0 Å². The Bertz CT molecular complexity index is 694. The third kappa shape index (κ3) is 6.21. The maximum Gasteiger partial charge on any atom is 0.307 e. The molecule has 0 radical (unpaired) electrons. The highest BCUT2D eigenvalue weighted by Gasteiger charge is 2.21. The van der Waals surface area contributed by atoms with Crippen molar-refractivity contribution in [1.82, 2.24) is 0 Å². The SMILES string of the molecule is O=C(CCc1ccc(Br)cc1)CC(Cc1ccc(Br)cc1)C(=O)O. The number of ketones is 1. The summed E-state index contributed by atoms with van der Waals surface area (Å²) >= 11 is 6.73. The molecule has 0 amide bonds. The van der Waals surface area contributed by atoms with Crippen LogP contribution in [0.5, 0.6) is 0 Å². The van der Waals surface area contributed by atoms with Crippen LogP contribution in [0.1, 0.15) is 24.0 Å². The second-order valence-electron chi connectivity index (χ2n) is 5.74. The second-order valence-corrected chi connectivity index (χ2v) is 7.57. The van der Waals surface area contributed by atoms with Gasteiger partial charge in [0, 0.05) is 21.8 Å². The van der Waals surface area contributed by atoms with Crippen molar-refractivity contribution in [2.75, 3.05) is 0 Å². The minimum atomic E-state index is -0.921. The average Bonchev–Trinajstić information content (AvgIpc) is 2.55. The van der Waals surface area contributed by atoms with E-state index in [1.807, 2.05) is 48.5 Å². The molecule has 1 N–H and O–H groups in total. The molecule has 2 rings (SSSR count). The molecule has 0 aliphatic rings. The molecule has 24 heavy (non-hydrogen) atoms. The normalized spacial score (nSPS) is 11.9. The van der Waals surface area contributed by atoms with Gasteiger partial charge in [0.2, 0.25) is 0 Å². The Morgan fingerprint density at radius 3 is 1.88 bits per heavy atom. The number of halogens is 2. The molecule has 3 nitrogen and oxygen atoms in total. The van der Waals surface area contributed by atoms with Gasteiger partial charge in [-0.05, 0) is 48.2 Å². The summed E-state index contributed by atoms with van der Waals surface area (Å²) in [5, 5.41) is 9.39. The first kappa shape index (κ1) is 18.9. The average molecular weight is 454 g/mol. The van der Waals surface area contributed by atoms with Crippen molar-refractivity contribution in [1.29, 1.82) is 0 Å². The number of hydrogen-bond acceptors (Lipinski definition) is 2. The largest absolute Gasteiger partial charge is 0.481 e. The fourth-order valence-electron chi connectivity index (χ4n) is 2.46. The van der Waals surface area contributed by atoms with Crippen molar-refractivity contribution in [2.45, 2.75) is 25.7 Å². The zero-order valence-corrected chi connectivity index (χ0v) is 16.2. The smallest absolute Gasteiger partial charge is 0.307 e. The molecule has 0 aliphatic heterocycles. The van der Waals surface area contributed by atoms with Crippen molar-refractivity contribution in [3.05, 3.63) is 68.6 Å². The highest BCUT2D eigenvalue weighted by molar-refractivity contribution is 9.10. The number of carboxylic acids is 1. The first-order valence-electron chi connectivity index (χ1n) is 7.67. The van der Waals surface area contributed by atoms with Gasteiger partial charge >= 0.3 is 5.97 Å². The first-order valence-corrected chi connectivity index (χ1v) is 9.26. The maximum atomic E-state index is 12.2. The van der Waals surface area contributed by atoms with Gasteiger partial charge in [-0.2, -0.15) is 0 Å². The number of Topliss-reactive ketones (excluding diaryl/α,β-unsaturated/α-hetero) is 1. The van der Waals surface area contributed by atoms with Gasteiger partial charge in [-0.25, -0.2) is 0 Å². The molecule has 0 aromatic heterocycles. The summed E-state index contributed by atoms with van der Waals surface area (Å²) in [5.41, 5.74) is 2.00. The molecular formula is C19H18Br2O3. The Balaban J connectivity index is 1.89. The lowest BCUT2D eigenvalue weighted by Crippen LogP contribution is -2.20. The number of aryl methyl sites for hydroxylation is 1. The van der Waals surface area contributed by atoms with E-state index in [4.69, 9.17) is 0 Å². The van der Waals surface area contributed by atoms with Crippen molar-refractivity contribution in [3.8, 4) is 0 Å². The number of benzene rings is 2. The third-order valence-corrected chi connectivity index (χ3v) is 4.88. The van der Waals surface area contributed by atoms with E-state index in [0.717, 1.165) is 20.1 Å². The van der Waals surface area contributed by atoms with Crippen LogP contribution in [0.15, 0.2) is 57.5 Å². The number of rotatable bonds is 8. The van der Waals surface area contributed by atoms with Gasteiger partial charge in [-0.15, -0.1) is 0 Å². The van der Waals surface area contributed by atoms with Crippen LogP contribution in [-0.4, -0.2) is 16.9 Å². The molecule has 2 aromatic carbocycles. The van der Waals surface area contributed by atoms with E-state index in [0.29, 0.717) is 19.3 Å². The minimum Gasteiger partial charge on any atom is -0.481 e. The monoisotopic (exact) mass is 452 g/mol. The Kier molecular flexibility index (Phi) is 7.18. The van der Waals surface area contributed by atoms with Crippen molar-refractivity contribution < 1.29 is 14.7 Å². The van der Waals surface area contributed by atoms with E-state index in [2.05, 4.69) is 31.9 Å². The van der Waals surface area contributed by atoms with Crippen molar-refractivity contribution in [2.24, 2.45) is 5.92 Å². The minimum absolute atomic E-state index is 0.0116. The van der Waals surface area contributed by atoms with E-state index >= 15 is 0 Å². The lowest BCUT2D eigenvalue weighted by atomic mass is 9.92. The lowest BCUT2D eigenvalue weighted by Gasteiger charge is -2.12. The molecule has 1 atom stereocenters. The van der Waals surface area contributed by atoms with E-state index in [1.54, 1.807) is 0 Å². The molecule has 126 valence electrons. The van der Waals surface area contributed by atoms with E-state index < -0.39 is 11.9 Å². The number of aliphatic carboxylic acids is 1.